The zero-order valence-corrected chi connectivity index (χ0v) is 13.8. The van der Waals surface area contributed by atoms with Gasteiger partial charge in [0.05, 0.1) is 23.0 Å². The molecule has 1 aliphatic heterocycles. The Morgan fingerprint density at radius 3 is 3.04 bits per heavy atom. The van der Waals surface area contributed by atoms with Crippen molar-refractivity contribution >= 4 is 27.5 Å². The summed E-state index contributed by atoms with van der Waals surface area (Å²) in [7, 11) is 0. The van der Waals surface area contributed by atoms with Gasteiger partial charge in [-0.3, -0.25) is 9.78 Å². The van der Waals surface area contributed by atoms with E-state index in [1.807, 2.05) is 29.2 Å². The quantitative estimate of drug-likeness (QED) is 0.733. The van der Waals surface area contributed by atoms with E-state index in [0.29, 0.717) is 17.4 Å². The third-order valence-corrected chi connectivity index (χ3v) is 4.99. The molecule has 1 fully saturated rings. The molecule has 0 N–H and O–H groups in total. The molecule has 7 heteroatoms. The minimum absolute atomic E-state index is 0.0244. The van der Waals surface area contributed by atoms with Crippen molar-refractivity contribution < 1.29 is 9.53 Å². The van der Waals surface area contributed by atoms with Gasteiger partial charge in [0.15, 0.2) is 5.01 Å². The highest BCUT2D eigenvalue weighted by Gasteiger charge is 2.27. The number of rotatable bonds is 3. The fourth-order valence-electron chi connectivity index (χ4n) is 2.83. The maximum Gasteiger partial charge on any atom is 0.282 e. The van der Waals surface area contributed by atoms with Crippen molar-refractivity contribution in [3.05, 3.63) is 47.9 Å². The van der Waals surface area contributed by atoms with E-state index in [-0.39, 0.29) is 12.0 Å². The van der Waals surface area contributed by atoms with E-state index in [9.17, 15) is 4.79 Å². The molecule has 122 valence electrons. The van der Waals surface area contributed by atoms with Gasteiger partial charge in [-0.15, -0.1) is 11.3 Å². The topological polar surface area (TPSA) is 68.2 Å². The fraction of sp³-hybridized carbons (Fsp3) is 0.294. The van der Waals surface area contributed by atoms with Crippen molar-refractivity contribution in [1.82, 2.24) is 19.9 Å². The molecular formula is C17H16N4O2S. The monoisotopic (exact) mass is 340 g/mol. The summed E-state index contributed by atoms with van der Waals surface area (Å²) < 4.78 is 6.88. The number of thiazole rings is 1. The molecule has 2 aromatic heterocycles. The number of likely N-dealkylation sites (tertiary alicyclic amines) is 1. The molecule has 6 nitrogen and oxygen atoms in total. The van der Waals surface area contributed by atoms with E-state index in [2.05, 4.69) is 15.0 Å². The predicted octanol–water partition coefficient (Wildman–Crippen LogP) is 2.77. The van der Waals surface area contributed by atoms with Gasteiger partial charge in [-0.25, -0.2) is 9.97 Å². The number of amides is 1. The maximum atomic E-state index is 12.8. The van der Waals surface area contributed by atoms with Crippen molar-refractivity contribution in [2.75, 3.05) is 13.1 Å². The van der Waals surface area contributed by atoms with Gasteiger partial charge in [0.1, 0.15) is 6.10 Å². The number of fused-ring (bicyclic) bond motifs is 1. The Morgan fingerprint density at radius 1 is 1.29 bits per heavy atom. The van der Waals surface area contributed by atoms with E-state index >= 15 is 0 Å². The molecule has 0 bridgehead atoms. The molecule has 0 saturated carbocycles. The van der Waals surface area contributed by atoms with Crippen LogP contribution in [0, 0.1) is 0 Å². The number of para-hydroxylation sites is 1. The Bertz CT molecular complexity index is 819. The van der Waals surface area contributed by atoms with Crippen molar-refractivity contribution in [3.63, 3.8) is 0 Å². The molecule has 1 saturated heterocycles. The molecule has 0 spiro atoms. The minimum atomic E-state index is -0.0613. The Morgan fingerprint density at radius 2 is 2.21 bits per heavy atom. The van der Waals surface area contributed by atoms with Gasteiger partial charge in [-0.1, -0.05) is 12.1 Å². The van der Waals surface area contributed by atoms with E-state index in [4.69, 9.17) is 4.74 Å². The third kappa shape index (κ3) is 3.07. The summed E-state index contributed by atoms with van der Waals surface area (Å²) >= 11 is 1.44. The normalized spacial score (nSPS) is 17.8. The van der Waals surface area contributed by atoms with Gasteiger partial charge in [0, 0.05) is 18.9 Å². The number of carbonyl (C=O) groups excluding carboxylic acids is 1. The summed E-state index contributed by atoms with van der Waals surface area (Å²) in [6.45, 7) is 1.28. The van der Waals surface area contributed by atoms with Crippen molar-refractivity contribution in [1.29, 1.82) is 0 Å². The largest absolute Gasteiger partial charge is 0.471 e. The smallest absolute Gasteiger partial charge is 0.282 e. The first kappa shape index (κ1) is 15.0. The lowest BCUT2D eigenvalue weighted by atomic mass is 10.1. The molecular weight excluding hydrogens is 324 g/mol. The minimum Gasteiger partial charge on any atom is -0.471 e. The van der Waals surface area contributed by atoms with Crippen LogP contribution in [0.15, 0.2) is 42.9 Å². The van der Waals surface area contributed by atoms with E-state index < -0.39 is 0 Å². The SMILES string of the molecule is O=C(c1nc2ccccc2s1)N1CCC[C@H](Oc2cnccn2)C1. The second-order valence-corrected chi connectivity index (χ2v) is 6.69. The summed E-state index contributed by atoms with van der Waals surface area (Å²) in [5.74, 6) is 0.473. The van der Waals surface area contributed by atoms with Gasteiger partial charge in [-0.05, 0) is 25.0 Å². The highest BCUT2D eigenvalue weighted by molar-refractivity contribution is 7.20. The number of carbonyl (C=O) groups is 1. The Kier molecular flexibility index (Phi) is 4.08. The summed E-state index contributed by atoms with van der Waals surface area (Å²) in [5, 5.41) is 0.538. The lowest BCUT2D eigenvalue weighted by Crippen LogP contribution is -2.44. The maximum absolute atomic E-state index is 12.8. The fourth-order valence-corrected chi connectivity index (χ4v) is 3.77. The molecule has 1 atom stereocenters. The Balaban J connectivity index is 1.48. The second kappa shape index (κ2) is 6.52. The van der Waals surface area contributed by atoms with Gasteiger partial charge < -0.3 is 9.64 Å². The van der Waals surface area contributed by atoms with Crippen LogP contribution in [0.25, 0.3) is 10.2 Å². The number of benzene rings is 1. The van der Waals surface area contributed by atoms with Gasteiger partial charge >= 0.3 is 0 Å². The molecule has 0 aliphatic carbocycles. The first-order valence-corrected chi connectivity index (χ1v) is 8.69. The van der Waals surface area contributed by atoms with Crippen LogP contribution in [-0.4, -0.2) is 45.0 Å². The summed E-state index contributed by atoms with van der Waals surface area (Å²) in [4.78, 5) is 27.2. The Labute approximate surface area is 143 Å². The predicted molar refractivity (Wildman–Crippen MR) is 91.2 cm³/mol. The van der Waals surface area contributed by atoms with Crippen LogP contribution in [0.5, 0.6) is 5.88 Å². The third-order valence-electron chi connectivity index (χ3n) is 3.97. The molecule has 3 aromatic rings. The molecule has 1 aliphatic rings. The van der Waals surface area contributed by atoms with Gasteiger partial charge in [0.2, 0.25) is 5.88 Å². The molecule has 1 amide bonds. The number of aromatic nitrogens is 3. The number of nitrogens with zero attached hydrogens (tertiary/aromatic N) is 4. The number of hydrogen-bond acceptors (Lipinski definition) is 6. The average molecular weight is 340 g/mol. The second-order valence-electron chi connectivity index (χ2n) is 5.66. The zero-order valence-electron chi connectivity index (χ0n) is 13.0. The van der Waals surface area contributed by atoms with Gasteiger partial charge in [-0.2, -0.15) is 0 Å². The van der Waals surface area contributed by atoms with Crippen molar-refractivity contribution in [2.45, 2.75) is 18.9 Å². The molecule has 3 heterocycles. The highest BCUT2D eigenvalue weighted by Crippen LogP contribution is 2.24. The summed E-state index contributed by atoms with van der Waals surface area (Å²) in [5.41, 5.74) is 0.871. The Hall–Kier alpha value is -2.54. The first-order valence-electron chi connectivity index (χ1n) is 7.87. The summed E-state index contributed by atoms with van der Waals surface area (Å²) in [6, 6.07) is 7.81. The molecule has 0 unspecified atom stereocenters. The van der Waals surface area contributed by atoms with Crippen LogP contribution in [-0.2, 0) is 0 Å². The number of piperidine rings is 1. The molecule has 4 rings (SSSR count). The lowest BCUT2D eigenvalue weighted by molar-refractivity contribution is 0.0527. The van der Waals surface area contributed by atoms with E-state index in [0.717, 1.165) is 29.6 Å². The van der Waals surface area contributed by atoms with Crippen LogP contribution in [0.1, 0.15) is 22.6 Å². The zero-order chi connectivity index (χ0) is 16.4. The lowest BCUT2D eigenvalue weighted by Gasteiger charge is -2.32. The van der Waals surface area contributed by atoms with Crippen LogP contribution in [0.3, 0.4) is 0 Å². The standard InChI is InChI=1S/C17H16N4O2S/c22-17(16-20-13-5-1-2-6-14(13)24-16)21-9-3-4-12(11-21)23-15-10-18-7-8-19-15/h1-2,5-8,10,12H,3-4,9,11H2/t12-/m0/s1. The van der Waals surface area contributed by atoms with Gasteiger partial charge in [0.25, 0.3) is 5.91 Å². The first-order chi connectivity index (χ1) is 11.8. The average Bonchev–Trinajstić information content (AvgIpc) is 3.06. The van der Waals surface area contributed by atoms with Crippen molar-refractivity contribution in [2.24, 2.45) is 0 Å². The van der Waals surface area contributed by atoms with E-state index in [1.165, 1.54) is 11.3 Å². The summed E-state index contributed by atoms with van der Waals surface area (Å²) in [6.07, 6.45) is 6.54. The molecule has 0 radical (unpaired) electrons. The highest BCUT2D eigenvalue weighted by atomic mass is 32.1. The van der Waals surface area contributed by atoms with Crippen LogP contribution in [0.2, 0.25) is 0 Å². The van der Waals surface area contributed by atoms with Crippen LogP contribution < -0.4 is 4.74 Å². The van der Waals surface area contributed by atoms with Crippen molar-refractivity contribution in [3.8, 4) is 5.88 Å². The molecule has 1 aromatic carbocycles. The number of hydrogen-bond donors (Lipinski definition) is 0. The van der Waals surface area contributed by atoms with E-state index in [1.54, 1.807) is 18.6 Å². The van der Waals surface area contributed by atoms with Crippen LogP contribution in [0.4, 0.5) is 0 Å². The molecule has 24 heavy (non-hydrogen) atoms. The van der Waals surface area contributed by atoms with Crippen LogP contribution >= 0.6 is 11.3 Å². The number of ether oxygens (including phenoxy) is 1.